The minimum absolute atomic E-state index is 0.565. The number of nitrogen functional groups attached to an aromatic ring is 1. The van der Waals surface area contributed by atoms with Gasteiger partial charge in [0.25, 0.3) is 0 Å². The number of rotatable bonds is 3. The van der Waals surface area contributed by atoms with Gasteiger partial charge in [-0.3, -0.25) is 5.43 Å². The molecule has 0 aliphatic carbocycles. The number of benzene rings is 2. The first-order chi connectivity index (χ1) is 9.69. The van der Waals surface area contributed by atoms with Crippen molar-refractivity contribution in [2.24, 2.45) is 5.84 Å². The Kier molecular flexibility index (Phi) is 3.58. The van der Waals surface area contributed by atoms with E-state index in [0.717, 1.165) is 10.3 Å². The average Bonchev–Trinajstić information content (AvgIpc) is 2.89. The quantitative estimate of drug-likeness (QED) is 0.513. The Morgan fingerprint density at radius 1 is 1.25 bits per heavy atom. The Bertz CT molecular complexity index is 745. The molecule has 3 rings (SSSR count). The second kappa shape index (κ2) is 5.38. The number of fused-ring (bicyclic) bond motifs is 1. The predicted molar refractivity (Wildman–Crippen MR) is 82.9 cm³/mol. The number of aliphatic hydroxyl groups excluding tert-OH is 1. The number of hydrogen-bond donors (Lipinski definition) is 3. The highest BCUT2D eigenvalue weighted by Crippen LogP contribution is 2.35. The fourth-order valence-corrected chi connectivity index (χ4v) is 3.25. The first-order valence-corrected chi connectivity index (χ1v) is 7.18. The molecule has 20 heavy (non-hydrogen) atoms. The molecule has 1 aromatic heterocycles. The van der Waals surface area contributed by atoms with Crippen molar-refractivity contribution in [2.75, 3.05) is 5.43 Å². The summed E-state index contributed by atoms with van der Waals surface area (Å²) in [6.07, 6.45) is -0.773. The second-order valence-electron chi connectivity index (χ2n) is 4.32. The highest BCUT2D eigenvalue weighted by molar-refractivity contribution is 7.22. The Morgan fingerprint density at radius 2 is 2.00 bits per heavy atom. The van der Waals surface area contributed by atoms with E-state index < -0.39 is 6.10 Å². The Hall–Kier alpha value is -1.66. The summed E-state index contributed by atoms with van der Waals surface area (Å²) in [6.45, 7) is 0. The largest absolute Gasteiger partial charge is 0.384 e. The molecule has 0 amide bonds. The average molecular weight is 306 g/mol. The lowest BCUT2D eigenvalue weighted by Gasteiger charge is -2.12. The molecule has 0 spiro atoms. The smallest absolute Gasteiger partial charge is 0.198 e. The number of nitrogens with two attached hydrogens (primary N) is 1. The zero-order chi connectivity index (χ0) is 14.1. The van der Waals surface area contributed by atoms with Crippen LogP contribution in [0.2, 0.25) is 5.02 Å². The van der Waals surface area contributed by atoms with Crippen molar-refractivity contribution in [1.29, 1.82) is 0 Å². The standard InChI is InChI=1S/C14H12ClN3OS/c15-9-6-10(13(19)8-4-2-1-3-5-8)12-11(7-9)20-14(17-12)18-16/h1-7,13,19H,16H2,(H,17,18)/t13-/m1/s1. The maximum atomic E-state index is 10.6. The van der Waals surface area contributed by atoms with Crippen molar-refractivity contribution in [1.82, 2.24) is 4.98 Å². The van der Waals surface area contributed by atoms with Crippen molar-refractivity contribution in [2.45, 2.75) is 6.10 Å². The number of hydrazine groups is 1. The molecular formula is C14H12ClN3OS. The lowest BCUT2D eigenvalue weighted by Crippen LogP contribution is -2.06. The highest BCUT2D eigenvalue weighted by Gasteiger charge is 2.17. The van der Waals surface area contributed by atoms with E-state index in [-0.39, 0.29) is 0 Å². The van der Waals surface area contributed by atoms with Gasteiger partial charge >= 0.3 is 0 Å². The Morgan fingerprint density at radius 3 is 2.70 bits per heavy atom. The molecule has 102 valence electrons. The lowest BCUT2D eigenvalue weighted by molar-refractivity contribution is 0.221. The van der Waals surface area contributed by atoms with Crippen molar-refractivity contribution in [3.8, 4) is 0 Å². The molecule has 6 heteroatoms. The molecule has 0 bridgehead atoms. The number of anilines is 1. The monoisotopic (exact) mass is 305 g/mol. The molecule has 0 saturated heterocycles. The van der Waals surface area contributed by atoms with Crippen molar-refractivity contribution < 1.29 is 5.11 Å². The van der Waals surface area contributed by atoms with Crippen LogP contribution in [0, 0.1) is 0 Å². The molecule has 4 nitrogen and oxygen atoms in total. The van der Waals surface area contributed by atoms with E-state index in [0.29, 0.717) is 21.2 Å². The molecule has 0 saturated carbocycles. The number of halogens is 1. The van der Waals surface area contributed by atoms with Gasteiger partial charge in [0.15, 0.2) is 5.13 Å². The summed E-state index contributed by atoms with van der Waals surface area (Å²) in [4.78, 5) is 4.38. The third kappa shape index (κ3) is 2.36. The molecule has 0 aliphatic rings. The van der Waals surface area contributed by atoms with Crippen LogP contribution in [0.15, 0.2) is 42.5 Å². The van der Waals surface area contributed by atoms with Gasteiger partial charge in [0.1, 0.15) is 6.10 Å². The van der Waals surface area contributed by atoms with Gasteiger partial charge in [-0.1, -0.05) is 53.3 Å². The fraction of sp³-hybridized carbons (Fsp3) is 0.0714. The van der Waals surface area contributed by atoms with Crippen LogP contribution in [0.4, 0.5) is 5.13 Å². The summed E-state index contributed by atoms with van der Waals surface area (Å²) in [5.74, 6) is 5.39. The summed E-state index contributed by atoms with van der Waals surface area (Å²) in [7, 11) is 0. The van der Waals surface area contributed by atoms with Crippen LogP contribution in [-0.4, -0.2) is 10.1 Å². The predicted octanol–water partition coefficient (Wildman–Crippen LogP) is 3.32. The van der Waals surface area contributed by atoms with Crippen molar-refractivity contribution in [3.05, 3.63) is 58.6 Å². The van der Waals surface area contributed by atoms with Gasteiger partial charge in [-0.15, -0.1) is 0 Å². The van der Waals surface area contributed by atoms with Crippen LogP contribution in [0.5, 0.6) is 0 Å². The molecule has 0 aliphatic heterocycles. The van der Waals surface area contributed by atoms with Crippen LogP contribution >= 0.6 is 22.9 Å². The van der Waals surface area contributed by atoms with Crippen LogP contribution in [0.25, 0.3) is 10.2 Å². The molecule has 2 aromatic carbocycles. The second-order valence-corrected chi connectivity index (χ2v) is 5.79. The van der Waals surface area contributed by atoms with Gasteiger partial charge in [0.05, 0.1) is 10.2 Å². The van der Waals surface area contributed by atoms with Crippen molar-refractivity contribution >= 4 is 38.3 Å². The number of aromatic nitrogens is 1. The molecular weight excluding hydrogens is 294 g/mol. The van der Waals surface area contributed by atoms with Crippen LogP contribution in [0.3, 0.4) is 0 Å². The summed E-state index contributed by atoms with van der Waals surface area (Å²) in [5.41, 5.74) is 4.71. The normalized spacial score (nSPS) is 12.6. The number of thiazole rings is 1. The zero-order valence-corrected chi connectivity index (χ0v) is 11.9. The van der Waals surface area contributed by atoms with Crippen LogP contribution < -0.4 is 11.3 Å². The summed E-state index contributed by atoms with van der Waals surface area (Å²) in [6, 6.07) is 13.0. The number of hydrogen-bond acceptors (Lipinski definition) is 5. The maximum absolute atomic E-state index is 10.6. The SMILES string of the molecule is NNc1nc2c([C@H](O)c3ccccc3)cc(Cl)cc2s1. The third-order valence-electron chi connectivity index (χ3n) is 3.02. The summed E-state index contributed by atoms with van der Waals surface area (Å²) in [5, 5.41) is 11.7. The minimum atomic E-state index is -0.773. The summed E-state index contributed by atoms with van der Waals surface area (Å²) < 4.78 is 0.885. The number of nitrogens with one attached hydrogen (secondary N) is 1. The third-order valence-corrected chi connectivity index (χ3v) is 4.17. The van der Waals surface area contributed by atoms with E-state index in [1.54, 1.807) is 6.07 Å². The van der Waals surface area contributed by atoms with Gasteiger partial charge in [-0.25, -0.2) is 10.8 Å². The zero-order valence-electron chi connectivity index (χ0n) is 10.4. The number of nitrogens with zero attached hydrogens (tertiary/aromatic N) is 1. The van der Waals surface area contributed by atoms with E-state index in [4.69, 9.17) is 17.4 Å². The maximum Gasteiger partial charge on any atom is 0.198 e. The minimum Gasteiger partial charge on any atom is -0.384 e. The molecule has 1 atom stereocenters. The molecule has 4 N–H and O–H groups in total. The lowest BCUT2D eigenvalue weighted by atomic mass is 10.0. The van der Waals surface area contributed by atoms with Crippen LogP contribution in [-0.2, 0) is 0 Å². The van der Waals surface area contributed by atoms with Crippen molar-refractivity contribution in [3.63, 3.8) is 0 Å². The molecule has 1 heterocycles. The van der Waals surface area contributed by atoms with Gasteiger partial charge in [0.2, 0.25) is 0 Å². The van der Waals surface area contributed by atoms with Crippen LogP contribution in [0.1, 0.15) is 17.2 Å². The van der Waals surface area contributed by atoms with E-state index in [9.17, 15) is 5.11 Å². The highest BCUT2D eigenvalue weighted by atomic mass is 35.5. The Labute approximate surface area is 124 Å². The summed E-state index contributed by atoms with van der Waals surface area (Å²) >= 11 is 7.52. The number of aliphatic hydroxyl groups is 1. The molecule has 0 unspecified atom stereocenters. The van der Waals surface area contributed by atoms with Gasteiger partial charge < -0.3 is 5.11 Å². The Balaban J connectivity index is 2.17. The molecule has 0 fully saturated rings. The van der Waals surface area contributed by atoms with Gasteiger partial charge in [-0.2, -0.15) is 0 Å². The topological polar surface area (TPSA) is 71.2 Å². The first kappa shape index (κ1) is 13.3. The van der Waals surface area contributed by atoms with Gasteiger partial charge in [0, 0.05) is 10.6 Å². The van der Waals surface area contributed by atoms with Gasteiger partial charge in [-0.05, 0) is 17.7 Å². The van der Waals surface area contributed by atoms with E-state index in [1.165, 1.54) is 11.3 Å². The molecule has 3 aromatic rings. The van der Waals surface area contributed by atoms with E-state index in [1.807, 2.05) is 36.4 Å². The van der Waals surface area contributed by atoms with E-state index >= 15 is 0 Å². The molecule has 0 radical (unpaired) electrons. The first-order valence-electron chi connectivity index (χ1n) is 5.98. The fourth-order valence-electron chi connectivity index (χ4n) is 2.11. The van der Waals surface area contributed by atoms with E-state index in [2.05, 4.69) is 10.4 Å².